The van der Waals surface area contributed by atoms with Crippen LogP contribution >= 0.6 is 0 Å². The summed E-state index contributed by atoms with van der Waals surface area (Å²) in [6.45, 7) is 3.40. The smallest absolute Gasteiger partial charge is 0.219 e. The molecule has 0 heterocycles. The summed E-state index contributed by atoms with van der Waals surface area (Å²) in [6, 6.07) is 0. The molecule has 0 atom stereocenters. The van der Waals surface area contributed by atoms with Gasteiger partial charge in [0.05, 0.1) is 20.6 Å². The van der Waals surface area contributed by atoms with Crippen LogP contribution in [0.3, 0.4) is 0 Å². The number of carbonyl (C=O) groups is 1. The Balaban J connectivity index is 3.26. The molecule has 0 aliphatic rings. The van der Waals surface area contributed by atoms with Gasteiger partial charge in [-0.1, -0.05) is 45.4 Å². The first-order chi connectivity index (χ1) is 8.95. The zero-order chi connectivity index (χ0) is 14.6. The summed E-state index contributed by atoms with van der Waals surface area (Å²) in [4.78, 5) is 11.5. The van der Waals surface area contributed by atoms with Gasteiger partial charge in [0.15, 0.2) is 0 Å². The molecule has 0 aliphatic heterocycles. The quantitative estimate of drug-likeness (QED) is 0.337. The number of nitrogens with zero attached hydrogens (tertiary/aromatic N) is 1. The standard InChI is InChI=1S/C15H32N2O2/c1-4-5-6-7-8-9-10-12-15(18)16-13-11-14-17(2,3)19/h4-14H2,1-3H3,(H,16,18). The topological polar surface area (TPSA) is 52.2 Å². The molecule has 4 nitrogen and oxygen atoms in total. The molecule has 19 heavy (non-hydrogen) atoms. The van der Waals surface area contributed by atoms with Crippen molar-refractivity contribution in [2.45, 2.75) is 64.7 Å². The highest BCUT2D eigenvalue weighted by atomic mass is 16.5. The van der Waals surface area contributed by atoms with Gasteiger partial charge in [0.25, 0.3) is 0 Å². The van der Waals surface area contributed by atoms with Crippen molar-refractivity contribution in [3.05, 3.63) is 5.21 Å². The van der Waals surface area contributed by atoms with Crippen molar-refractivity contribution in [2.24, 2.45) is 0 Å². The minimum atomic E-state index is -0.284. The van der Waals surface area contributed by atoms with Crippen molar-refractivity contribution < 1.29 is 9.44 Å². The Morgan fingerprint density at radius 1 is 1.00 bits per heavy atom. The molecule has 0 radical (unpaired) electrons. The summed E-state index contributed by atoms with van der Waals surface area (Å²) >= 11 is 0. The van der Waals surface area contributed by atoms with E-state index in [9.17, 15) is 10.0 Å². The van der Waals surface area contributed by atoms with Crippen LogP contribution in [0.2, 0.25) is 0 Å². The van der Waals surface area contributed by atoms with E-state index in [-0.39, 0.29) is 10.6 Å². The maximum Gasteiger partial charge on any atom is 0.219 e. The maximum atomic E-state index is 11.5. The van der Waals surface area contributed by atoms with Crippen LogP contribution in [0.25, 0.3) is 0 Å². The lowest BCUT2D eigenvalue weighted by Gasteiger charge is -2.33. The highest BCUT2D eigenvalue weighted by Crippen LogP contribution is 2.08. The van der Waals surface area contributed by atoms with Crippen LogP contribution in [0, 0.1) is 5.21 Å². The van der Waals surface area contributed by atoms with Crippen molar-refractivity contribution in [3.8, 4) is 0 Å². The number of carbonyl (C=O) groups excluding carboxylic acids is 1. The van der Waals surface area contributed by atoms with E-state index in [0.29, 0.717) is 19.5 Å². The molecule has 0 fully saturated rings. The summed E-state index contributed by atoms with van der Waals surface area (Å²) in [7, 11) is 3.25. The number of nitrogens with one attached hydrogen (secondary N) is 1. The third kappa shape index (κ3) is 15.3. The number of unbranched alkanes of at least 4 members (excludes halogenated alkanes) is 6. The van der Waals surface area contributed by atoms with Gasteiger partial charge >= 0.3 is 0 Å². The fourth-order valence-electron chi connectivity index (χ4n) is 2.02. The number of hydrogen-bond acceptors (Lipinski definition) is 2. The van der Waals surface area contributed by atoms with Gasteiger partial charge in [-0.3, -0.25) is 4.79 Å². The molecule has 1 amide bonds. The predicted octanol–water partition coefficient (Wildman–Crippen LogP) is 3.21. The van der Waals surface area contributed by atoms with Gasteiger partial charge in [-0.2, -0.15) is 0 Å². The molecule has 0 unspecified atom stereocenters. The maximum absolute atomic E-state index is 11.5. The van der Waals surface area contributed by atoms with E-state index in [4.69, 9.17) is 0 Å². The second-order valence-corrected chi connectivity index (χ2v) is 5.87. The van der Waals surface area contributed by atoms with Crippen LogP contribution in [-0.4, -0.2) is 37.7 Å². The molecule has 0 rings (SSSR count). The van der Waals surface area contributed by atoms with E-state index in [1.165, 1.54) is 32.1 Å². The van der Waals surface area contributed by atoms with Gasteiger partial charge < -0.3 is 15.2 Å². The molecule has 0 spiro atoms. The van der Waals surface area contributed by atoms with Gasteiger partial charge in [-0.25, -0.2) is 0 Å². The molecule has 0 saturated carbocycles. The SMILES string of the molecule is CCCCCCCCCC(=O)NCCC[N+](C)(C)[O-]. The van der Waals surface area contributed by atoms with Gasteiger partial charge in [-0.15, -0.1) is 0 Å². The van der Waals surface area contributed by atoms with E-state index >= 15 is 0 Å². The lowest BCUT2D eigenvalue weighted by atomic mass is 10.1. The zero-order valence-electron chi connectivity index (χ0n) is 13.0. The average molecular weight is 272 g/mol. The monoisotopic (exact) mass is 272 g/mol. The molecule has 0 aromatic carbocycles. The molecule has 0 saturated heterocycles. The van der Waals surface area contributed by atoms with Crippen LogP contribution in [0.15, 0.2) is 0 Å². The summed E-state index contributed by atoms with van der Waals surface area (Å²) in [5.74, 6) is 0.129. The van der Waals surface area contributed by atoms with Crippen LogP contribution < -0.4 is 5.32 Å². The highest BCUT2D eigenvalue weighted by molar-refractivity contribution is 5.75. The Bertz CT molecular complexity index is 225. The van der Waals surface area contributed by atoms with Crippen molar-refractivity contribution >= 4 is 5.91 Å². The molecule has 0 aromatic rings. The van der Waals surface area contributed by atoms with Gasteiger partial charge in [0.1, 0.15) is 0 Å². The molecule has 1 N–H and O–H groups in total. The third-order valence-electron chi connectivity index (χ3n) is 3.20. The average Bonchev–Trinajstić information content (AvgIpc) is 2.32. The summed E-state index contributed by atoms with van der Waals surface area (Å²) in [5, 5.41) is 14.2. The summed E-state index contributed by atoms with van der Waals surface area (Å²) < 4.78 is -0.284. The van der Waals surface area contributed by atoms with Gasteiger partial charge in [0.2, 0.25) is 5.91 Å². The van der Waals surface area contributed by atoms with E-state index < -0.39 is 0 Å². The minimum absolute atomic E-state index is 0.129. The summed E-state index contributed by atoms with van der Waals surface area (Å²) in [5.41, 5.74) is 0. The van der Waals surface area contributed by atoms with Crippen LogP contribution in [0.4, 0.5) is 0 Å². The van der Waals surface area contributed by atoms with Crippen molar-refractivity contribution in [1.82, 2.24) is 5.32 Å². The van der Waals surface area contributed by atoms with Crippen LogP contribution in [0.1, 0.15) is 64.7 Å². The third-order valence-corrected chi connectivity index (χ3v) is 3.20. The number of amides is 1. The molecule has 0 aromatic heterocycles. The molecule has 114 valence electrons. The predicted molar refractivity (Wildman–Crippen MR) is 80.6 cm³/mol. The first-order valence-electron chi connectivity index (χ1n) is 7.76. The molecule has 4 heteroatoms. The Hall–Kier alpha value is -0.610. The Morgan fingerprint density at radius 2 is 1.58 bits per heavy atom. The van der Waals surface area contributed by atoms with Crippen molar-refractivity contribution in [2.75, 3.05) is 27.2 Å². The Morgan fingerprint density at radius 3 is 2.16 bits per heavy atom. The zero-order valence-corrected chi connectivity index (χ0v) is 13.0. The van der Waals surface area contributed by atoms with E-state index in [2.05, 4.69) is 12.2 Å². The molecular weight excluding hydrogens is 240 g/mol. The van der Waals surface area contributed by atoms with Crippen molar-refractivity contribution in [1.29, 1.82) is 0 Å². The largest absolute Gasteiger partial charge is 0.633 e. The number of hydroxylamine groups is 3. The van der Waals surface area contributed by atoms with Crippen molar-refractivity contribution in [3.63, 3.8) is 0 Å². The first kappa shape index (κ1) is 18.4. The number of hydrogen-bond donors (Lipinski definition) is 1. The van der Waals surface area contributed by atoms with Crippen LogP contribution in [0.5, 0.6) is 0 Å². The normalized spacial score (nSPS) is 11.6. The van der Waals surface area contributed by atoms with E-state index in [1.54, 1.807) is 14.1 Å². The van der Waals surface area contributed by atoms with Gasteiger partial charge in [0, 0.05) is 19.4 Å². The second kappa shape index (κ2) is 11.2. The highest BCUT2D eigenvalue weighted by Gasteiger charge is 2.03. The lowest BCUT2D eigenvalue weighted by molar-refractivity contribution is -0.840. The summed E-state index contributed by atoms with van der Waals surface area (Å²) in [6.07, 6.45) is 9.99. The van der Waals surface area contributed by atoms with E-state index in [1.807, 2.05) is 0 Å². The Labute approximate surface area is 118 Å². The first-order valence-corrected chi connectivity index (χ1v) is 7.76. The number of rotatable bonds is 12. The molecule has 0 aliphatic carbocycles. The molecular formula is C15H32N2O2. The lowest BCUT2D eigenvalue weighted by Crippen LogP contribution is -2.35. The number of quaternary nitrogens is 1. The minimum Gasteiger partial charge on any atom is -0.633 e. The van der Waals surface area contributed by atoms with E-state index in [0.717, 1.165) is 19.3 Å². The van der Waals surface area contributed by atoms with Crippen LogP contribution in [-0.2, 0) is 4.79 Å². The van der Waals surface area contributed by atoms with Gasteiger partial charge in [-0.05, 0) is 6.42 Å². The fourth-order valence-corrected chi connectivity index (χ4v) is 2.02. The second-order valence-electron chi connectivity index (χ2n) is 5.87. The molecule has 0 bridgehead atoms. The Kier molecular flexibility index (Phi) is 10.9. The fraction of sp³-hybridized carbons (Fsp3) is 0.933.